The van der Waals surface area contributed by atoms with Gasteiger partial charge in [-0.2, -0.15) is 0 Å². The number of halogens is 1. The number of aromatic hydroxyl groups is 1. The van der Waals surface area contributed by atoms with Gasteiger partial charge in [-0.1, -0.05) is 12.5 Å². The van der Waals surface area contributed by atoms with Crippen molar-refractivity contribution in [1.29, 1.82) is 0 Å². The second kappa shape index (κ2) is 8.35. The molecule has 1 unspecified atom stereocenters. The number of rotatable bonds is 2. The highest BCUT2D eigenvalue weighted by Gasteiger charge is 2.29. The molecular weight excluding hydrogens is 330 g/mol. The predicted octanol–water partition coefficient (Wildman–Crippen LogP) is 1.24. The van der Waals surface area contributed by atoms with Crippen LogP contribution < -0.4 is 5.32 Å². The Morgan fingerprint density at radius 3 is 2.42 bits per heavy atom. The topological polar surface area (TPSA) is 72.9 Å². The molecule has 2 saturated heterocycles. The van der Waals surface area contributed by atoms with E-state index in [1.54, 1.807) is 23.1 Å². The molecule has 0 bridgehead atoms. The van der Waals surface area contributed by atoms with Crippen LogP contribution in [0.25, 0.3) is 0 Å². The maximum atomic E-state index is 12.5. The lowest BCUT2D eigenvalue weighted by molar-refractivity contribution is -0.135. The lowest BCUT2D eigenvalue weighted by Gasteiger charge is -2.37. The van der Waals surface area contributed by atoms with Gasteiger partial charge in [-0.05, 0) is 37.6 Å². The zero-order valence-electron chi connectivity index (χ0n) is 13.6. The van der Waals surface area contributed by atoms with Crippen LogP contribution in [0.15, 0.2) is 24.3 Å². The SMILES string of the molecule is Cl.O=C(c1cccc(O)c1)N1CCN(C(=O)C2CCCCN2)CC1. The summed E-state index contributed by atoms with van der Waals surface area (Å²) in [7, 11) is 0. The molecule has 0 aromatic heterocycles. The molecule has 0 spiro atoms. The van der Waals surface area contributed by atoms with Gasteiger partial charge in [0, 0.05) is 31.7 Å². The van der Waals surface area contributed by atoms with Crippen LogP contribution in [0.5, 0.6) is 5.75 Å². The van der Waals surface area contributed by atoms with E-state index in [1.165, 1.54) is 6.07 Å². The van der Waals surface area contributed by atoms with Crippen molar-refractivity contribution in [1.82, 2.24) is 15.1 Å². The smallest absolute Gasteiger partial charge is 0.254 e. The summed E-state index contributed by atoms with van der Waals surface area (Å²) >= 11 is 0. The van der Waals surface area contributed by atoms with Gasteiger partial charge in [-0.3, -0.25) is 9.59 Å². The van der Waals surface area contributed by atoms with Crippen molar-refractivity contribution >= 4 is 24.2 Å². The molecule has 0 radical (unpaired) electrons. The first kappa shape index (κ1) is 18.5. The maximum Gasteiger partial charge on any atom is 0.254 e. The number of carbonyl (C=O) groups excluding carboxylic acids is 2. The van der Waals surface area contributed by atoms with Crippen molar-refractivity contribution in [2.24, 2.45) is 0 Å². The number of piperidine rings is 1. The van der Waals surface area contributed by atoms with Crippen molar-refractivity contribution in [2.75, 3.05) is 32.7 Å². The van der Waals surface area contributed by atoms with Crippen LogP contribution >= 0.6 is 12.4 Å². The van der Waals surface area contributed by atoms with E-state index < -0.39 is 0 Å². The number of carbonyl (C=O) groups is 2. The van der Waals surface area contributed by atoms with Crippen LogP contribution in [0, 0.1) is 0 Å². The Bertz CT molecular complexity index is 582. The molecule has 2 amide bonds. The average molecular weight is 354 g/mol. The monoisotopic (exact) mass is 353 g/mol. The molecule has 24 heavy (non-hydrogen) atoms. The van der Waals surface area contributed by atoms with Crippen molar-refractivity contribution in [3.63, 3.8) is 0 Å². The van der Waals surface area contributed by atoms with Crippen LogP contribution in [-0.2, 0) is 4.79 Å². The van der Waals surface area contributed by atoms with Crippen LogP contribution in [0.2, 0.25) is 0 Å². The van der Waals surface area contributed by atoms with Crippen LogP contribution in [0.1, 0.15) is 29.6 Å². The molecule has 7 heteroatoms. The van der Waals surface area contributed by atoms with Gasteiger partial charge >= 0.3 is 0 Å². The van der Waals surface area contributed by atoms with Crippen LogP contribution in [-0.4, -0.2) is 65.5 Å². The second-order valence-corrected chi connectivity index (χ2v) is 6.17. The first-order valence-electron chi connectivity index (χ1n) is 8.25. The Balaban J connectivity index is 0.00000208. The van der Waals surface area contributed by atoms with Crippen LogP contribution in [0.3, 0.4) is 0 Å². The fourth-order valence-corrected chi connectivity index (χ4v) is 3.23. The summed E-state index contributed by atoms with van der Waals surface area (Å²) in [6.07, 6.45) is 3.14. The zero-order chi connectivity index (χ0) is 16.2. The van der Waals surface area contributed by atoms with E-state index >= 15 is 0 Å². The quantitative estimate of drug-likeness (QED) is 0.839. The first-order chi connectivity index (χ1) is 11.1. The van der Waals surface area contributed by atoms with E-state index in [-0.39, 0.29) is 36.0 Å². The minimum absolute atomic E-state index is 0. The van der Waals surface area contributed by atoms with Gasteiger partial charge in [-0.15, -0.1) is 12.4 Å². The third kappa shape index (κ3) is 4.19. The molecule has 2 aliphatic rings. The van der Waals surface area contributed by atoms with Gasteiger partial charge in [0.1, 0.15) is 5.75 Å². The Labute approximate surface area is 148 Å². The van der Waals surface area contributed by atoms with E-state index in [9.17, 15) is 14.7 Å². The highest BCUT2D eigenvalue weighted by molar-refractivity contribution is 5.94. The maximum absolute atomic E-state index is 12.5. The fourth-order valence-electron chi connectivity index (χ4n) is 3.23. The van der Waals surface area contributed by atoms with Crippen molar-refractivity contribution in [2.45, 2.75) is 25.3 Å². The summed E-state index contributed by atoms with van der Waals surface area (Å²) in [6, 6.07) is 6.33. The van der Waals surface area contributed by atoms with E-state index in [0.717, 1.165) is 25.8 Å². The highest BCUT2D eigenvalue weighted by Crippen LogP contribution is 2.16. The lowest BCUT2D eigenvalue weighted by atomic mass is 10.0. The Kier molecular flexibility index (Phi) is 6.45. The Morgan fingerprint density at radius 1 is 1.08 bits per heavy atom. The first-order valence-corrected chi connectivity index (χ1v) is 8.25. The number of benzene rings is 1. The summed E-state index contributed by atoms with van der Waals surface area (Å²) < 4.78 is 0. The van der Waals surface area contributed by atoms with E-state index in [2.05, 4.69) is 5.32 Å². The minimum Gasteiger partial charge on any atom is -0.508 e. The molecule has 2 fully saturated rings. The second-order valence-electron chi connectivity index (χ2n) is 6.17. The molecule has 0 aliphatic carbocycles. The van der Waals surface area contributed by atoms with Gasteiger partial charge in [0.2, 0.25) is 5.91 Å². The number of nitrogens with zero attached hydrogens (tertiary/aromatic N) is 2. The molecule has 1 atom stereocenters. The minimum atomic E-state index is -0.0937. The number of phenolic OH excluding ortho intramolecular Hbond substituents is 1. The number of amides is 2. The largest absolute Gasteiger partial charge is 0.508 e. The van der Waals surface area contributed by atoms with E-state index in [0.29, 0.717) is 31.7 Å². The molecule has 6 nitrogen and oxygen atoms in total. The molecule has 2 aliphatic heterocycles. The third-order valence-corrected chi connectivity index (χ3v) is 4.58. The van der Waals surface area contributed by atoms with E-state index in [1.807, 2.05) is 4.90 Å². The molecule has 1 aromatic carbocycles. The van der Waals surface area contributed by atoms with E-state index in [4.69, 9.17) is 0 Å². The van der Waals surface area contributed by atoms with Crippen molar-refractivity contribution in [3.8, 4) is 5.75 Å². The van der Waals surface area contributed by atoms with Gasteiger partial charge in [-0.25, -0.2) is 0 Å². The summed E-state index contributed by atoms with van der Waals surface area (Å²) in [5.74, 6) is 0.158. The van der Waals surface area contributed by atoms with Gasteiger partial charge in [0.05, 0.1) is 6.04 Å². The average Bonchev–Trinajstić information content (AvgIpc) is 2.61. The molecule has 3 rings (SSSR count). The number of hydrogen-bond acceptors (Lipinski definition) is 4. The molecular formula is C17H24ClN3O3. The predicted molar refractivity (Wildman–Crippen MR) is 93.5 cm³/mol. The third-order valence-electron chi connectivity index (χ3n) is 4.58. The highest BCUT2D eigenvalue weighted by atomic mass is 35.5. The van der Waals surface area contributed by atoms with Crippen LogP contribution in [0.4, 0.5) is 0 Å². The fraction of sp³-hybridized carbons (Fsp3) is 0.529. The van der Waals surface area contributed by atoms with Crippen molar-refractivity contribution < 1.29 is 14.7 Å². The standard InChI is InChI=1S/C17H23N3O3.ClH/c21-14-5-3-4-13(12-14)16(22)19-8-10-20(11-9-19)17(23)15-6-1-2-7-18-15;/h3-5,12,15,18,21H,1-2,6-11H2;1H. The number of piperazine rings is 1. The zero-order valence-corrected chi connectivity index (χ0v) is 14.4. The molecule has 0 saturated carbocycles. The van der Waals surface area contributed by atoms with Crippen molar-refractivity contribution in [3.05, 3.63) is 29.8 Å². The number of nitrogens with one attached hydrogen (secondary N) is 1. The molecule has 2 N–H and O–H groups in total. The van der Waals surface area contributed by atoms with Gasteiger partial charge in [0.15, 0.2) is 0 Å². The Hall–Kier alpha value is -1.79. The lowest BCUT2D eigenvalue weighted by Crippen LogP contribution is -2.55. The molecule has 132 valence electrons. The normalized spacial score (nSPS) is 21.1. The van der Waals surface area contributed by atoms with Gasteiger partial charge in [0.25, 0.3) is 5.91 Å². The molecule has 1 aromatic rings. The number of phenols is 1. The Morgan fingerprint density at radius 2 is 1.79 bits per heavy atom. The molecule has 2 heterocycles. The number of hydrogen-bond donors (Lipinski definition) is 2. The summed E-state index contributed by atoms with van der Waals surface area (Å²) in [5, 5.41) is 12.8. The summed E-state index contributed by atoms with van der Waals surface area (Å²) in [6.45, 7) is 3.12. The summed E-state index contributed by atoms with van der Waals surface area (Å²) in [4.78, 5) is 28.5. The van der Waals surface area contributed by atoms with Gasteiger partial charge < -0.3 is 20.2 Å². The summed E-state index contributed by atoms with van der Waals surface area (Å²) in [5.41, 5.74) is 0.485.